The molecule has 0 aliphatic carbocycles. The summed E-state index contributed by atoms with van der Waals surface area (Å²) in [7, 11) is 0. The number of aromatic nitrogens is 2. The van der Waals surface area contributed by atoms with Gasteiger partial charge in [0.2, 0.25) is 0 Å². The Morgan fingerprint density at radius 1 is 1.32 bits per heavy atom. The molecule has 100 valence electrons. The van der Waals surface area contributed by atoms with E-state index in [2.05, 4.69) is 39.1 Å². The first-order valence-electron chi connectivity index (χ1n) is 6.84. The van der Waals surface area contributed by atoms with Gasteiger partial charge in [0.05, 0.1) is 18.2 Å². The molecule has 1 aliphatic rings. The molecule has 0 radical (unpaired) electrons. The highest BCUT2D eigenvalue weighted by molar-refractivity contribution is 5.37. The van der Waals surface area contributed by atoms with Gasteiger partial charge in [0.25, 0.3) is 0 Å². The van der Waals surface area contributed by atoms with Crippen LogP contribution in [0.15, 0.2) is 36.8 Å². The molecule has 4 heteroatoms. The highest BCUT2D eigenvalue weighted by Crippen LogP contribution is 2.25. The van der Waals surface area contributed by atoms with Gasteiger partial charge < -0.3 is 15.0 Å². The summed E-state index contributed by atoms with van der Waals surface area (Å²) in [6.45, 7) is 1.28. The zero-order valence-corrected chi connectivity index (χ0v) is 10.9. The Bertz CT molecular complexity index is 527. The fourth-order valence-corrected chi connectivity index (χ4v) is 2.67. The predicted molar refractivity (Wildman–Crippen MR) is 74.3 cm³/mol. The molecule has 0 bridgehead atoms. The summed E-state index contributed by atoms with van der Waals surface area (Å²) in [6, 6.07) is 8.73. The SMILES string of the molecule is OCCc1ccc(-n2cncc2[C@@H]2CCCN2)cc1. The number of aliphatic hydroxyl groups excluding tert-OH is 1. The minimum absolute atomic E-state index is 0.196. The first kappa shape index (κ1) is 12.4. The van der Waals surface area contributed by atoms with Crippen LogP contribution in [0.2, 0.25) is 0 Å². The second kappa shape index (κ2) is 5.55. The third kappa shape index (κ3) is 2.55. The summed E-state index contributed by atoms with van der Waals surface area (Å²) in [5, 5.41) is 12.4. The molecule has 19 heavy (non-hydrogen) atoms. The molecule has 1 aromatic carbocycles. The minimum atomic E-state index is 0.196. The van der Waals surface area contributed by atoms with E-state index in [4.69, 9.17) is 5.11 Å². The molecule has 2 heterocycles. The normalized spacial score (nSPS) is 18.9. The summed E-state index contributed by atoms with van der Waals surface area (Å²) in [5.74, 6) is 0. The Labute approximate surface area is 113 Å². The largest absolute Gasteiger partial charge is 0.396 e. The standard InChI is InChI=1S/C15H19N3O/c19-9-7-12-3-5-13(6-4-12)18-11-16-10-15(18)14-2-1-8-17-14/h3-6,10-11,14,17,19H,1-2,7-9H2/t14-/m0/s1. The van der Waals surface area contributed by atoms with E-state index in [1.54, 1.807) is 0 Å². The van der Waals surface area contributed by atoms with E-state index in [9.17, 15) is 0 Å². The number of nitrogens with zero attached hydrogens (tertiary/aromatic N) is 2. The van der Waals surface area contributed by atoms with Crippen LogP contribution in [-0.4, -0.2) is 27.8 Å². The molecular formula is C15H19N3O. The molecule has 1 aliphatic heterocycles. The molecule has 2 aromatic rings. The second-order valence-corrected chi connectivity index (χ2v) is 4.98. The molecule has 0 spiro atoms. The van der Waals surface area contributed by atoms with E-state index in [0.717, 1.165) is 17.8 Å². The van der Waals surface area contributed by atoms with Crippen molar-refractivity contribution in [2.24, 2.45) is 0 Å². The predicted octanol–water partition coefficient (Wildman–Crippen LogP) is 1.83. The first-order chi connectivity index (χ1) is 9.38. The third-order valence-corrected chi connectivity index (χ3v) is 3.70. The maximum Gasteiger partial charge on any atom is 0.0994 e. The number of benzene rings is 1. The van der Waals surface area contributed by atoms with Crippen LogP contribution in [0.3, 0.4) is 0 Å². The lowest BCUT2D eigenvalue weighted by Crippen LogP contribution is -2.16. The highest BCUT2D eigenvalue weighted by Gasteiger charge is 2.20. The van der Waals surface area contributed by atoms with Gasteiger partial charge in [-0.2, -0.15) is 0 Å². The van der Waals surface area contributed by atoms with Gasteiger partial charge in [-0.3, -0.25) is 0 Å². The van der Waals surface area contributed by atoms with E-state index in [1.807, 2.05) is 12.5 Å². The van der Waals surface area contributed by atoms with E-state index < -0.39 is 0 Å². The quantitative estimate of drug-likeness (QED) is 0.878. The zero-order valence-electron chi connectivity index (χ0n) is 10.9. The Kier molecular flexibility index (Phi) is 3.62. The Morgan fingerprint density at radius 2 is 2.16 bits per heavy atom. The van der Waals surface area contributed by atoms with Crippen molar-refractivity contribution in [3.05, 3.63) is 48.0 Å². The Morgan fingerprint density at radius 3 is 2.84 bits per heavy atom. The van der Waals surface area contributed by atoms with Crippen molar-refractivity contribution in [1.29, 1.82) is 0 Å². The number of aliphatic hydroxyl groups is 1. The van der Waals surface area contributed by atoms with E-state index in [0.29, 0.717) is 12.5 Å². The lowest BCUT2D eigenvalue weighted by Gasteiger charge is -2.14. The van der Waals surface area contributed by atoms with Crippen LogP contribution in [0.5, 0.6) is 0 Å². The van der Waals surface area contributed by atoms with Crippen LogP contribution in [0.1, 0.15) is 30.1 Å². The maximum absolute atomic E-state index is 8.94. The van der Waals surface area contributed by atoms with Crippen molar-refractivity contribution >= 4 is 0 Å². The molecule has 0 saturated carbocycles. The van der Waals surface area contributed by atoms with Gasteiger partial charge in [-0.1, -0.05) is 12.1 Å². The number of rotatable bonds is 4. The van der Waals surface area contributed by atoms with Crippen LogP contribution in [-0.2, 0) is 6.42 Å². The molecule has 1 fully saturated rings. The summed E-state index contributed by atoms with van der Waals surface area (Å²) in [5.41, 5.74) is 3.52. The van der Waals surface area contributed by atoms with Crippen molar-refractivity contribution < 1.29 is 5.11 Å². The van der Waals surface area contributed by atoms with E-state index in [-0.39, 0.29) is 6.61 Å². The monoisotopic (exact) mass is 257 g/mol. The average Bonchev–Trinajstić information content (AvgIpc) is 3.11. The summed E-state index contributed by atoms with van der Waals surface area (Å²) in [4.78, 5) is 4.28. The second-order valence-electron chi connectivity index (χ2n) is 4.98. The van der Waals surface area contributed by atoms with Gasteiger partial charge in [0.1, 0.15) is 0 Å². The molecule has 1 atom stereocenters. The van der Waals surface area contributed by atoms with Crippen molar-refractivity contribution in [3.8, 4) is 5.69 Å². The van der Waals surface area contributed by atoms with Crippen LogP contribution in [0.4, 0.5) is 0 Å². The summed E-state index contributed by atoms with van der Waals surface area (Å²) >= 11 is 0. The fourth-order valence-electron chi connectivity index (χ4n) is 2.67. The van der Waals surface area contributed by atoms with Crippen LogP contribution in [0.25, 0.3) is 5.69 Å². The summed E-state index contributed by atoms with van der Waals surface area (Å²) < 4.78 is 2.14. The van der Waals surface area contributed by atoms with Gasteiger partial charge in [-0.05, 0) is 43.5 Å². The molecule has 3 rings (SSSR count). The molecule has 0 amide bonds. The van der Waals surface area contributed by atoms with Gasteiger partial charge in [0.15, 0.2) is 0 Å². The van der Waals surface area contributed by atoms with Crippen LogP contribution < -0.4 is 5.32 Å². The molecule has 1 saturated heterocycles. The van der Waals surface area contributed by atoms with Gasteiger partial charge >= 0.3 is 0 Å². The molecule has 1 aromatic heterocycles. The van der Waals surface area contributed by atoms with Crippen molar-refractivity contribution in [2.45, 2.75) is 25.3 Å². The van der Waals surface area contributed by atoms with Gasteiger partial charge in [-0.15, -0.1) is 0 Å². The fraction of sp³-hybridized carbons (Fsp3) is 0.400. The molecule has 4 nitrogen and oxygen atoms in total. The van der Waals surface area contributed by atoms with Crippen molar-refractivity contribution in [1.82, 2.24) is 14.9 Å². The van der Waals surface area contributed by atoms with E-state index in [1.165, 1.54) is 18.5 Å². The molecule has 0 unspecified atom stereocenters. The van der Waals surface area contributed by atoms with Gasteiger partial charge in [0, 0.05) is 18.3 Å². The Hall–Kier alpha value is -1.65. The highest BCUT2D eigenvalue weighted by atomic mass is 16.2. The van der Waals surface area contributed by atoms with Crippen LogP contribution >= 0.6 is 0 Å². The third-order valence-electron chi connectivity index (χ3n) is 3.70. The lowest BCUT2D eigenvalue weighted by molar-refractivity contribution is 0.299. The molecule has 2 N–H and O–H groups in total. The number of hydrogen-bond donors (Lipinski definition) is 2. The average molecular weight is 257 g/mol. The van der Waals surface area contributed by atoms with Crippen molar-refractivity contribution in [2.75, 3.05) is 13.2 Å². The summed E-state index contributed by atoms with van der Waals surface area (Å²) in [6.07, 6.45) is 6.93. The Balaban J connectivity index is 1.87. The minimum Gasteiger partial charge on any atom is -0.396 e. The first-order valence-corrected chi connectivity index (χ1v) is 6.84. The lowest BCUT2D eigenvalue weighted by atomic mass is 10.1. The zero-order chi connectivity index (χ0) is 13.1. The number of nitrogens with one attached hydrogen (secondary N) is 1. The molecular weight excluding hydrogens is 238 g/mol. The topological polar surface area (TPSA) is 50.1 Å². The van der Waals surface area contributed by atoms with Gasteiger partial charge in [-0.25, -0.2) is 4.98 Å². The number of imidazole rings is 1. The van der Waals surface area contributed by atoms with Crippen molar-refractivity contribution in [3.63, 3.8) is 0 Å². The van der Waals surface area contributed by atoms with Crippen LogP contribution in [0, 0.1) is 0 Å². The van der Waals surface area contributed by atoms with E-state index >= 15 is 0 Å². The maximum atomic E-state index is 8.94. The smallest absolute Gasteiger partial charge is 0.0994 e. The number of hydrogen-bond acceptors (Lipinski definition) is 3.